The molecule has 25 heavy (non-hydrogen) atoms. The summed E-state index contributed by atoms with van der Waals surface area (Å²) in [7, 11) is 1.53. The number of methoxy groups -OCH3 is 1. The summed E-state index contributed by atoms with van der Waals surface area (Å²) in [5.74, 6) is 2.10. The molecule has 0 atom stereocenters. The number of benzene rings is 1. The zero-order valence-electron chi connectivity index (χ0n) is 13.6. The molecule has 0 spiro atoms. The second-order valence-corrected chi connectivity index (χ2v) is 6.60. The quantitative estimate of drug-likeness (QED) is 0.482. The van der Waals surface area contributed by atoms with Crippen LogP contribution in [0.4, 0.5) is 0 Å². The zero-order chi connectivity index (χ0) is 18.2. The number of carbonyl (C=O) groups excluding carboxylic acids is 1. The van der Waals surface area contributed by atoms with Crippen LogP contribution in [0, 0.1) is 6.92 Å². The topological polar surface area (TPSA) is 73.1 Å². The van der Waals surface area contributed by atoms with E-state index < -0.39 is 5.91 Å². The first-order valence-corrected chi connectivity index (χ1v) is 8.79. The van der Waals surface area contributed by atoms with Gasteiger partial charge >= 0.3 is 0 Å². The number of nitrogens with one attached hydrogen (secondary N) is 1. The highest BCUT2D eigenvalue weighted by Crippen LogP contribution is 2.38. The third-order valence-corrected chi connectivity index (χ3v) is 3.96. The Morgan fingerprint density at radius 3 is 2.84 bits per heavy atom. The molecule has 1 heterocycles. The summed E-state index contributed by atoms with van der Waals surface area (Å²) in [6.45, 7) is 1.67. The lowest BCUT2D eigenvalue weighted by Crippen LogP contribution is -2.24. The predicted octanol–water partition coefficient (Wildman–Crippen LogP) is 4.32. The van der Waals surface area contributed by atoms with E-state index in [-0.39, 0.29) is 6.61 Å². The van der Waals surface area contributed by atoms with Crippen LogP contribution in [0.3, 0.4) is 0 Å². The minimum Gasteiger partial charge on any atom is -0.493 e. The molecule has 1 aromatic heterocycles. The summed E-state index contributed by atoms with van der Waals surface area (Å²) in [6, 6.07) is 7.26. The van der Waals surface area contributed by atoms with Crippen LogP contribution in [0.1, 0.15) is 11.5 Å². The second kappa shape index (κ2) is 9.43. The van der Waals surface area contributed by atoms with Gasteiger partial charge in [-0.2, -0.15) is 5.10 Å². The molecule has 0 aliphatic rings. The minimum absolute atomic E-state index is 0.199. The molecule has 1 amide bonds. The van der Waals surface area contributed by atoms with Crippen molar-refractivity contribution in [1.29, 1.82) is 0 Å². The van der Waals surface area contributed by atoms with Crippen molar-refractivity contribution in [2.24, 2.45) is 5.10 Å². The molecular formula is C17H16Br2N2O4. The fourth-order valence-electron chi connectivity index (χ4n) is 1.83. The summed E-state index contributed by atoms with van der Waals surface area (Å²) in [5.41, 5.74) is 2.37. The van der Waals surface area contributed by atoms with Gasteiger partial charge in [0.25, 0.3) is 5.91 Å². The molecule has 0 unspecified atom stereocenters. The summed E-state index contributed by atoms with van der Waals surface area (Å²) >= 11 is 6.73. The van der Waals surface area contributed by atoms with Crippen LogP contribution in [-0.4, -0.2) is 25.8 Å². The molecule has 0 bridgehead atoms. The van der Waals surface area contributed by atoms with Gasteiger partial charge in [-0.1, -0.05) is 15.9 Å². The molecule has 0 radical (unpaired) electrons. The lowest BCUT2D eigenvalue weighted by atomic mass is 10.3. The number of furan rings is 1. The lowest BCUT2D eigenvalue weighted by Gasteiger charge is -2.12. The second-order valence-electron chi connectivity index (χ2n) is 4.83. The van der Waals surface area contributed by atoms with Crippen molar-refractivity contribution < 1.29 is 18.7 Å². The lowest BCUT2D eigenvalue weighted by molar-refractivity contribution is -0.123. The van der Waals surface area contributed by atoms with Crippen LogP contribution in [0.15, 0.2) is 48.8 Å². The van der Waals surface area contributed by atoms with Gasteiger partial charge in [0.2, 0.25) is 0 Å². The normalized spacial score (nSPS) is 11.2. The van der Waals surface area contributed by atoms with Crippen LogP contribution in [0.5, 0.6) is 11.5 Å². The van der Waals surface area contributed by atoms with Crippen LogP contribution in [0.25, 0.3) is 6.08 Å². The third-order valence-electron chi connectivity index (χ3n) is 2.91. The number of aryl methyl sites for hydroxylation is 1. The molecule has 0 aliphatic heterocycles. The Balaban J connectivity index is 1.83. The highest BCUT2D eigenvalue weighted by molar-refractivity contribution is 9.11. The SMILES string of the molecule is COc1cc(Br)cc(Br)c1OCC(=O)N/N=C\C=C\c1ccc(C)o1. The number of nitrogens with zero attached hydrogens (tertiary/aromatic N) is 1. The fraction of sp³-hybridized carbons (Fsp3) is 0.176. The van der Waals surface area contributed by atoms with Gasteiger partial charge < -0.3 is 13.9 Å². The smallest absolute Gasteiger partial charge is 0.277 e. The molecule has 132 valence electrons. The van der Waals surface area contributed by atoms with E-state index in [4.69, 9.17) is 13.9 Å². The maximum absolute atomic E-state index is 11.8. The standard InChI is InChI=1S/C17H16Br2N2O4/c1-11-5-6-13(25-11)4-3-7-20-21-16(22)10-24-17-14(19)8-12(18)9-15(17)23-2/h3-9H,10H2,1-2H3,(H,21,22)/b4-3+,20-7-. The third kappa shape index (κ3) is 6.06. The van der Waals surface area contributed by atoms with Gasteiger partial charge in [0.1, 0.15) is 11.5 Å². The van der Waals surface area contributed by atoms with Crippen molar-refractivity contribution in [2.75, 3.05) is 13.7 Å². The van der Waals surface area contributed by atoms with Gasteiger partial charge in [0.15, 0.2) is 18.1 Å². The Bertz CT molecular complexity index is 800. The van der Waals surface area contributed by atoms with Gasteiger partial charge in [0.05, 0.1) is 11.6 Å². The Kier molecular flexibility index (Phi) is 7.27. The van der Waals surface area contributed by atoms with Crippen LogP contribution < -0.4 is 14.9 Å². The molecule has 2 rings (SSSR count). The van der Waals surface area contributed by atoms with E-state index in [2.05, 4.69) is 42.4 Å². The molecular weight excluding hydrogens is 456 g/mol. The number of carbonyl (C=O) groups is 1. The fourth-order valence-corrected chi connectivity index (χ4v) is 3.13. The molecule has 1 N–H and O–H groups in total. The number of ether oxygens (including phenoxy) is 2. The maximum atomic E-state index is 11.8. The first kappa shape index (κ1) is 19.3. The van der Waals surface area contributed by atoms with Crippen molar-refractivity contribution in [3.8, 4) is 11.5 Å². The number of amides is 1. The number of hydrazone groups is 1. The number of allylic oxidation sites excluding steroid dienone is 1. The summed E-state index contributed by atoms with van der Waals surface area (Å²) in [4.78, 5) is 11.8. The Morgan fingerprint density at radius 2 is 2.16 bits per heavy atom. The van der Waals surface area contributed by atoms with E-state index in [9.17, 15) is 4.79 Å². The largest absolute Gasteiger partial charge is 0.493 e. The number of hydrogen-bond donors (Lipinski definition) is 1. The summed E-state index contributed by atoms with van der Waals surface area (Å²) in [5, 5.41) is 3.80. The zero-order valence-corrected chi connectivity index (χ0v) is 16.8. The average Bonchev–Trinajstić information content (AvgIpc) is 2.98. The first-order valence-electron chi connectivity index (χ1n) is 7.20. The summed E-state index contributed by atoms with van der Waals surface area (Å²) in [6.07, 6.45) is 4.85. The summed E-state index contributed by atoms with van der Waals surface area (Å²) < 4.78 is 17.6. The highest BCUT2D eigenvalue weighted by atomic mass is 79.9. The molecule has 1 aromatic carbocycles. The Labute approximate surface area is 162 Å². The first-order chi connectivity index (χ1) is 12.0. The highest BCUT2D eigenvalue weighted by Gasteiger charge is 2.12. The number of halogens is 2. The van der Waals surface area contributed by atoms with Crippen molar-refractivity contribution >= 4 is 50.1 Å². The van der Waals surface area contributed by atoms with E-state index in [0.717, 1.165) is 10.2 Å². The number of rotatable bonds is 7. The predicted molar refractivity (Wildman–Crippen MR) is 103 cm³/mol. The van der Waals surface area contributed by atoms with E-state index >= 15 is 0 Å². The van der Waals surface area contributed by atoms with Crippen molar-refractivity contribution in [3.63, 3.8) is 0 Å². The van der Waals surface area contributed by atoms with Crippen LogP contribution in [-0.2, 0) is 4.79 Å². The van der Waals surface area contributed by atoms with Crippen LogP contribution >= 0.6 is 31.9 Å². The molecule has 0 saturated heterocycles. The van der Waals surface area contributed by atoms with E-state index in [0.29, 0.717) is 21.7 Å². The van der Waals surface area contributed by atoms with E-state index in [1.807, 2.05) is 19.1 Å². The van der Waals surface area contributed by atoms with Gasteiger partial charge in [-0.15, -0.1) is 0 Å². The molecule has 0 saturated carbocycles. The molecule has 0 aliphatic carbocycles. The number of hydrogen-bond acceptors (Lipinski definition) is 5. The van der Waals surface area contributed by atoms with Crippen molar-refractivity contribution in [1.82, 2.24) is 5.43 Å². The Morgan fingerprint density at radius 1 is 1.36 bits per heavy atom. The van der Waals surface area contributed by atoms with Crippen molar-refractivity contribution in [2.45, 2.75) is 6.92 Å². The van der Waals surface area contributed by atoms with Crippen LogP contribution in [0.2, 0.25) is 0 Å². The maximum Gasteiger partial charge on any atom is 0.277 e. The van der Waals surface area contributed by atoms with E-state index in [1.54, 1.807) is 24.3 Å². The minimum atomic E-state index is -0.393. The van der Waals surface area contributed by atoms with Gasteiger partial charge in [0, 0.05) is 10.7 Å². The Hall–Kier alpha value is -2.06. The van der Waals surface area contributed by atoms with Gasteiger partial charge in [-0.3, -0.25) is 4.79 Å². The molecule has 2 aromatic rings. The van der Waals surface area contributed by atoms with Crippen molar-refractivity contribution in [3.05, 3.63) is 50.8 Å². The van der Waals surface area contributed by atoms with Gasteiger partial charge in [-0.25, -0.2) is 5.43 Å². The van der Waals surface area contributed by atoms with Gasteiger partial charge in [-0.05, 0) is 59.3 Å². The molecule has 0 fully saturated rings. The van der Waals surface area contributed by atoms with E-state index in [1.165, 1.54) is 13.3 Å². The molecule has 6 nitrogen and oxygen atoms in total. The average molecular weight is 472 g/mol. The molecule has 8 heteroatoms. The monoisotopic (exact) mass is 470 g/mol.